The van der Waals surface area contributed by atoms with Gasteiger partial charge in [0.1, 0.15) is 5.03 Å². The van der Waals surface area contributed by atoms with Gasteiger partial charge in [-0.25, -0.2) is 4.98 Å². The first-order valence-electron chi connectivity index (χ1n) is 6.88. The Morgan fingerprint density at radius 1 is 1.14 bits per heavy atom. The van der Waals surface area contributed by atoms with Gasteiger partial charge in [-0.15, -0.1) is 0 Å². The highest BCUT2D eigenvalue weighted by Gasteiger charge is 2.09. The lowest BCUT2D eigenvalue weighted by atomic mass is 10.5. The Bertz CT molecular complexity index is 527. The van der Waals surface area contributed by atoms with Crippen LogP contribution in [0.3, 0.4) is 0 Å². The molecular weight excluding hydrogens is 288 g/mol. The van der Waals surface area contributed by atoms with Gasteiger partial charge in [0.15, 0.2) is 0 Å². The first-order chi connectivity index (χ1) is 10.3. The number of nitrogens with zero attached hydrogens (tertiary/aromatic N) is 5. The second-order valence-electron chi connectivity index (χ2n) is 4.15. The summed E-state index contributed by atoms with van der Waals surface area (Å²) in [6.45, 7) is 5.49. The van der Waals surface area contributed by atoms with Crippen LogP contribution in [0, 0.1) is 0 Å². The minimum Gasteiger partial charge on any atom is -0.463 e. The second kappa shape index (κ2) is 8.35. The van der Waals surface area contributed by atoms with Crippen LogP contribution in [-0.2, 0) is 0 Å². The van der Waals surface area contributed by atoms with Gasteiger partial charge in [0.05, 0.1) is 12.8 Å². The van der Waals surface area contributed by atoms with E-state index in [1.54, 1.807) is 18.6 Å². The van der Waals surface area contributed by atoms with Crippen molar-refractivity contribution in [1.82, 2.24) is 24.9 Å². The maximum Gasteiger partial charge on any atom is 0.322 e. The van der Waals surface area contributed by atoms with Crippen LogP contribution in [0.4, 0.5) is 5.95 Å². The third-order valence-electron chi connectivity index (χ3n) is 2.30. The zero-order valence-corrected chi connectivity index (χ0v) is 12.9. The van der Waals surface area contributed by atoms with Gasteiger partial charge in [-0.1, -0.05) is 13.8 Å². The van der Waals surface area contributed by atoms with Crippen molar-refractivity contribution in [1.29, 1.82) is 0 Å². The number of aromatic nitrogens is 5. The molecule has 2 heterocycles. The average molecular weight is 306 g/mol. The standard InChI is InChI=1S/C13H18N6OS/c1-3-5-16-11-17-12(20-8-4-2)19-13(18-11)21-10-9-14-6-7-15-10/h6-7,9H,3-5,8H2,1-2H3,(H,16,17,18,19). The van der Waals surface area contributed by atoms with Crippen LogP contribution in [0.15, 0.2) is 28.8 Å². The number of anilines is 1. The topological polar surface area (TPSA) is 85.7 Å². The van der Waals surface area contributed by atoms with Crippen LogP contribution in [0.2, 0.25) is 0 Å². The number of rotatable bonds is 8. The van der Waals surface area contributed by atoms with Crippen molar-refractivity contribution in [3.05, 3.63) is 18.6 Å². The molecule has 0 aliphatic carbocycles. The molecular formula is C13H18N6OS. The molecule has 7 nitrogen and oxygen atoms in total. The monoisotopic (exact) mass is 306 g/mol. The Morgan fingerprint density at radius 3 is 2.76 bits per heavy atom. The molecule has 0 unspecified atom stereocenters. The summed E-state index contributed by atoms with van der Waals surface area (Å²) in [7, 11) is 0. The Morgan fingerprint density at radius 2 is 2.05 bits per heavy atom. The molecule has 0 radical (unpaired) electrons. The highest BCUT2D eigenvalue weighted by molar-refractivity contribution is 7.99. The minimum absolute atomic E-state index is 0.330. The smallest absolute Gasteiger partial charge is 0.322 e. The van der Waals surface area contributed by atoms with Crippen LogP contribution >= 0.6 is 11.8 Å². The molecule has 0 aliphatic rings. The van der Waals surface area contributed by atoms with Crippen molar-refractivity contribution in [2.45, 2.75) is 36.9 Å². The minimum atomic E-state index is 0.330. The first kappa shape index (κ1) is 15.4. The fourth-order valence-electron chi connectivity index (χ4n) is 1.39. The van der Waals surface area contributed by atoms with E-state index in [4.69, 9.17) is 4.74 Å². The lowest BCUT2D eigenvalue weighted by Gasteiger charge is -2.08. The van der Waals surface area contributed by atoms with Crippen molar-refractivity contribution < 1.29 is 4.74 Å². The zero-order valence-electron chi connectivity index (χ0n) is 12.1. The van der Waals surface area contributed by atoms with E-state index in [-0.39, 0.29) is 0 Å². The summed E-state index contributed by atoms with van der Waals surface area (Å²) < 4.78 is 5.50. The molecule has 0 aliphatic heterocycles. The Balaban J connectivity index is 2.17. The van der Waals surface area contributed by atoms with Crippen molar-refractivity contribution in [2.75, 3.05) is 18.5 Å². The Hall–Kier alpha value is -1.96. The van der Waals surface area contributed by atoms with Gasteiger partial charge in [0, 0.05) is 18.9 Å². The normalized spacial score (nSPS) is 10.4. The SMILES string of the molecule is CCCNc1nc(OCCC)nc(Sc2cnccn2)n1. The van der Waals surface area contributed by atoms with Gasteiger partial charge >= 0.3 is 6.01 Å². The average Bonchev–Trinajstić information content (AvgIpc) is 2.52. The number of ether oxygens (including phenoxy) is 1. The van der Waals surface area contributed by atoms with Crippen LogP contribution in [-0.4, -0.2) is 38.1 Å². The molecule has 2 rings (SSSR count). The molecule has 112 valence electrons. The number of hydrogen-bond donors (Lipinski definition) is 1. The highest BCUT2D eigenvalue weighted by Crippen LogP contribution is 2.23. The lowest BCUT2D eigenvalue weighted by Crippen LogP contribution is -2.09. The van der Waals surface area contributed by atoms with Gasteiger partial charge < -0.3 is 10.1 Å². The van der Waals surface area contributed by atoms with E-state index >= 15 is 0 Å². The maximum absolute atomic E-state index is 5.50. The van der Waals surface area contributed by atoms with E-state index in [2.05, 4.69) is 37.2 Å². The molecule has 0 fully saturated rings. The van der Waals surface area contributed by atoms with E-state index in [1.165, 1.54) is 11.8 Å². The van der Waals surface area contributed by atoms with Gasteiger partial charge in [-0.3, -0.25) is 4.98 Å². The summed E-state index contributed by atoms with van der Waals surface area (Å²) in [6, 6.07) is 0.330. The number of nitrogens with one attached hydrogen (secondary N) is 1. The first-order valence-corrected chi connectivity index (χ1v) is 7.70. The van der Waals surface area contributed by atoms with Crippen molar-refractivity contribution >= 4 is 17.7 Å². The lowest BCUT2D eigenvalue weighted by molar-refractivity contribution is 0.288. The molecule has 0 atom stereocenters. The van der Waals surface area contributed by atoms with Crippen molar-refractivity contribution in [3.63, 3.8) is 0 Å². The van der Waals surface area contributed by atoms with Crippen LogP contribution in [0.25, 0.3) is 0 Å². The quantitative estimate of drug-likeness (QED) is 0.796. The molecule has 2 aromatic heterocycles. The summed E-state index contributed by atoms with van der Waals surface area (Å²) in [4.78, 5) is 21.1. The van der Waals surface area contributed by atoms with Crippen LogP contribution in [0.1, 0.15) is 26.7 Å². The molecule has 0 amide bonds. The number of hydrogen-bond acceptors (Lipinski definition) is 8. The molecule has 0 aromatic carbocycles. The molecule has 8 heteroatoms. The molecule has 0 spiro atoms. The second-order valence-corrected chi connectivity index (χ2v) is 5.13. The van der Waals surface area contributed by atoms with Crippen LogP contribution < -0.4 is 10.1 Å². The van der Waals surface area contributed by atoms with E-state index in [9.17, 15) is 0 Å². The Labute approximate surface area is 128 Å². The van der Waals surface area contributed by atoms with Gasteiger partial charge in [-0.2, -0.15) is 15.0 Å². The third kappa shape index (κ3) is 5.14. The summed E-state index contributed by atoms with van der Waals surface area (Å²) >= 11 is 1.33. The molecule has 0 saturated heterocycles. The van der Waals surface area contributed by atoms with Gasteiger partial charge in [0.25, 0.3) is 0 Å². The third-order valence-corrected chi connectivity index (χ3v) is 3.08. The highest BCUT2D eigenvalue weighted by atomic mass is 32.2. The van der Waals surface area contributed by atoms with Gasteiger partial charge in [0.2, 0.25) is 11.1 Å². The maximum atomic E-state index is 5.50. The van der Waals surface area contributed by atoms with Crippen molar-refractivity contribution in [2.24, 2.45) is 0 Å². The zero-order chi connectivity index (χ0) is 14.9. The van der Waals surface area contributed by atoms with Crippen molar-refractivity contribution in [3.8, 4) is 6.01 Å². The van der Waals surface area contributed by atoms with E-state index in [0.29, 0.717) is 23.7 Å². The molecule has 2 aromatic rings. The van der Waals surface area contributed by atoms with E-state index in [1.807, 2.05) is 6.92 Å². The predicted octanol–water partition coefficient (Wildman–Crippen LogP) is 2.42. The van der Waals surface area contributed by atoms with Crippen LogP contribution in [0.5, 0.6) is 6.01 Å². The summed E-state index contributed by atoms with van der Waals surface area (Å²) in [5.74, 6) is 0.518. The molecule has 0 bridgehead atoms. The fraction of sp³-hybridized carbons (Fsp3) is 0.462. The molecule has 1 N–H and O–H groups in total. The predicted molar refractivity (Wildman–Crippen MR) is 80.5 cm³/mol. The molecule has 0 saturated carbocycles. The fourth-order valence-corrected chi connectivity index (χ4v) is 2.06. The van der Waals surface area contributed by atoms with E-state index in [0.717, 1.165) is 24.4 Å². The molecule has 21 heavy (non-hydrogen) atoms. The Kier molecular flexibility index (Phi) is 6.14. The summed E-state index contributed by atoms with van der Waals surface area (Å²) in [5, 5.41) is 4.41. The van der Waals surface area contributed by atoms with Gasteiger partial charge in [-0.05, 0) is 24.6 Å². The summed E-state index contributed by atoms with van der Waals surface area (Å²) in [6.07, 6.45) is 6.81. The summed E-state index contributed by atoms with van der Waals surface area (Å²) in [5.41, 5.74) is 0. The largest absolute Gasteiger partial charge is 0.463 e. The van der Waals surface area contributed by atoms with E-state index < -0.39 is 0 Å².